The molecule has 4 N–H and O–H groups in total. The highest BCUT2D eigenvalue weighted by atomic mass is 16.7. The molecule has 0 atom stereocenters. The second-order valence-corrected chi connectivity index (χ2v) is 2.42. The second-order valence-electron chi connectivity index (χ2n) is 2.42. The van der Waals surface area contributed by atoms with E-state index in [1.165, 1.54) is 0 Å². The Balaban J connectivity index is -0.000000205. The molecule has 8 heteroatoms. The summed E-state index contributed by atoms with van der Waals surface area (Å²) in [7, 11) is 0. The van der Waals surface area contributed by atoms with Crippen LogP contribution in [0.1, 0.15) is 13.8 Å². The molecule has 0 amide bonds. The minimum atomic E-state index is -0.833. The maximum atomic E-state index is 9.00. The van der Waals surface area contributed by atoms with E-state index in [-0.39, 0.29) is 33.2 Å². The topological polar surface area (TPSA) is 134 Å². The number of ether oxygens (including phenoxy) is 2. The summed E-state index contributed by atoms with van der Waals surface area (Å²) in [4.78, 5) is 18.0. The van der Waals surface area contributed by atoms with E-state index in [0.29, 0.717) is 0 Å². The molecule has 0 unspecified atom stereocenters. The van der Waals surface area contributed by atoms with Gasteiger partial charge in [-0.05, 0) is 0 Å². The third-order valence-electron chi connectivity index (χ3n) is 0.638. The number of aliphatic carboxylic acids is 2. The van der Waals surface area contributed by atoms with Gasteiger partial charge in [0.15, 0.2) is 0 Å². The SMILES string of the molecule is CC(=O)O.CC(=O)O.OCCOCOCCO. The van der Waals surface area contributed by atoms with Crippen LogP contribution in [-0.2, 0) is 19.1 Å². The fraction of sp³-hybridized carbons (Fsp3) is 0.778. The van der Waals surface area contributed by atoms with Crippen LogP contribution in [0.15, 0.2) is 0 Å². The first-order valence-corrected chi connectivity index (χ1v) is 4.64. The summed E-state index contributed by atoms with van der Waals surface area (Å²) in [6.07, 6.45) is 0. The van der Waals surface area contributed by atoms with Crippen molar-refractivity contribution in [3.8, 4) is 0 Å². The van der Waals surface area contributed by atoms with E-state index in [2.05, 4.69) is 0 Å². The predicted octanol–water partition coefficient (Wildman–Crippen LogP) is -0.856. The molecular formula is C9H20O8. The monoisotopic (exact) mass is 256 g/mol. The molecule has 0 aliphatic rings. The van der Waals surface area contributed by atoms with E-state index in [9.17, 15) is 0 Å². The lowest BCUT2D eigenvalue weighted by atomic mass is 10.8. The van der Waals surface area contributed by atoms with E-state index in [0.717, 1.165) is 13.8 Å². The minimum absolute atomic E-state index is 0.00247. The van der Waals surface area contributed by atoms with Crippen LogP contribution in [0, 0.1) is 0 Å². The van der Waals surface area contributed by atoms with Gasteiger partial charge < -0.3 is 29.9 Å². The predicted molar refractivity (Wildman–Crippen MR) is 57.6 cm³/mol. The number of rotatable bonds is 6. The summed E-state index contributed by atoms with van der Waals surface area (Å²) < 4.78 is 9.40. The molecule has 0 aromatic rings. The van der Waals surface area contributed by atoms with E-state index in [1.54, 1.807) is 0 Å². The molecule has 0 spiro atoms. The zero-order valence-corrected chi connectivity index (χ0v) is 9.96. The Kier molecular flexibility index (Phi) is 25.1. The van der Waals surface area contributed by atoms with Gasteiger partial charge in [0.1, 0.15) is 6.79 Å². The maximum absolute atomic E-state index is 9.00. The summed E-state index contributed by atoms with van der Waals surface area (Å²) in [5.74, 6) is -1.67. The molecule has 17 heavy (non-hydrogen) atoms. The van der Waals surface area contributed by atoms with E-state index < -0.39 is 11.9 Å². The molecule has 0 aliphatic heterocycles. The number of aliphatic hydroxyl groups excluding tert-OH is 2. The van der Waals surface area contributed by atoms with Gasteiger partial charge in [0.25, 0.3) is 11.9 Å². The Morgan fingerprint density at radius 1 is 0.882 bits per heavy atom. The highest BCUT2D eigenvalue weighted by Crippen LogP contribution is 1.75. The van der Waals surface area contributed by atoms with Gasteiger partial charge in [-0.25, -0.2) is 0 Å². The summed E-state index contributed by atoms with van der Waals surface area (Å²) >= 11 is 0. The molecule has 0 aliphatic carbocycles. The molecule has 0 aromatic heterocycles. The molecule has 8 nitrogen and oxygen atoms in total. The van der Waals surface area contributed by atoms with Crippen molar-refractivity contribution in [3.63, 3.8) is 0 Å². The molecule has 0 radical (unpaired) electrons. The van der Waals surface area contributed by atoms with Gasteiger partial charge in [0, 0.05) is 13.8 Å². The van der Waals surface area contributed by atoms with Crippen LogP contribution in [0.2, 0.25) is 0 Å². The second kappa shape index (κ2) is 20.2. The maximum Gasteiger partial charge on any atom is 0.300 e. The van der Waals surface area contributed by atoms with Gasteiger partial charge in [-0.15, -0.1) is 0 Å². The van der Waals surface area contributed by atoms with Crippen LogP contribution in [0.25, 0.3) is 0 Å². The molecule has 0 aromatic carbocycles. The van der Waals surface area contributed by atoms with Crippen LogP contribution in [0.4, 0.5) is 0 Å². The molecule has 104 valence electrons. The molecule has 0 fully saturated rings. The fourth-order valence-corrected chi connectivity index (χ4v) is 0.306. The van der Waals surface area contributed by atoms with Gasteiger partial charge in [0.05, 0.1) is 26.4 Å². The zero-order valence-electron chi connectivity index (χ0n) is 9.96. The van der Waals surface area contributed by atoms with Gasteiger partial charge in [-0.1, -0.05) is 0 Å². The summed E-state index contributed by atoms with van der Waals surface area (Å²) in [5.41, 5.74) is 0. The average molecular weight is 256 g/mol. The highest BCUT2D eigenvalue weighted by Gasteiger charge is 1.84. The normalized spacial score (nSPS) is 8.24. The fourth-order valence-electron chi connectivity index (χ4n) is 0.306. The summed E-state index contributed by atoms with van der Waals surface area (Å²) in [6, 6.07) is 0. The number of hydrogen-bond acceptors (Lipinski definition) is 6. The first-order chi connectivity index (χ1) is 7.88. The lowest BCUT2D eigenvalue weighted by Crippen LogP contribution is -2.06. The van der Waals surface area contributed by atoms with E-state index >= 15 is 0 Å². The lowest BCUT2D eigenvalue weighted by Gasteiger charge is -2.00. The molecule has 0 heterocycles. The van der Waals surface area contributed by atoms with Crippen LogP contribution < -0.4 is 0 Å². The van der Waals surface area contributed by atoms with Crippen molar-refractivity contribution in [1.82, 2.24) is 0 Å². The van der Waals surface area contributed by atoms with Crippen LogP contribution in [0.3, 0.4) is 0 Å². The van der Waals surface area contributed by atoms with E-state index in [4.69, 9.17) is 39.5 Å². The van der Waals surface area contributed by atoms with Crippen molar-refractivity contribution in [2.24, 2.45) is 0 Å². The standard InChI is InChI=1S/C5H12O4.2C2H4O2/c6-1-3-8-5-9-4-2-7;2*1-2(3)4/h6-7H,1-5H2;2*1H3,(H,3,4). The Bertz CT molecular complexity index is 144. The average Bonchev–Trinajstić information content (AvgIpc) is 2.16. The highest BCUT2D eigenvalue weighted by molar-refractivity contribution is 5.63. The smallest absolute Gasteiger partial charge is 0.300 e. The number of carbonyl (C=O) groups is 2. The van der Waals surface area contributed by atoms with Crippen molar-refractivity contribution in [2.45, 2.75) is 13.8 Å². The van der Waals surface area contributed by atoms with Crippen LogP contribution >= 0.6 is 0 Å². The summed E-state index contributed by atoms with van der Waals surface area (Å²) in [5, 5.41) is 31.2. The molecular weight excluding hydrogens is 236 g/mol. The van der Waals surface area contributed by atoms with Crippen LogP contribution in [-0.4, -0.2) is 65.6 Å². The van der Waals surface area contributed by atoms with Gasteiger partial charge in [0.2, 0.25) is 0 Å². The third-order valence-corrected chi connectivity index (χ3v) is 0.638. The molecule has 0 saturated carbocycles. The van der Waals surface area contributed by atoms with Crippen molar-refractivity contribution in [2.75, 3.05) is 33.2 Å². The van der Waals surface area contributed by atoms with Crippen molar-refractivity contribution in [3.05, 3.63) is 0 Å². The lowest BCUT2D eigenvalue weighted by molar-refractivity contribution is -0.135. The van der Waals surface area contributed by atoms with Crippen molar-refractivity contribution < 1.29 is 39.5 Å². The third kappa shape index (κ3) is 106. The van der Waals surface area contributed by atoms with Gasteiger partial charge >= 0.3 is 0 Å². The van der Waals surface area contributed by atoms with E-state index in [1.807, 2.05) is 0 Å². The Hall–Kier alpha value is -1.22. The number of carboxylic acid groups (broad SMARTS) is 2. The molecule has 0 bridgehead atoms. The van der Waals surface area contributed by atoms with Crippen LogP contribution in [0.5, 0.6) is 0 Å². The first-order valence-electron chi connectivity index (χ1n) is 4.64. The number of carboxylic acids is 2. The number of hydrogen-bond donors (Lipinski definition) is 4. The quantitative estimate of drug-likeness (QED) is 0.356. The van der Waals surface area contributed by atoms with Gasteiger partial charge in [-0.3, -0.25) is 9.59 Å². The Morgan fingerprint density at radius 3 is 1.29 bits per heavy atom. The van der Waals surface area contributed by atoms with Crippen molar-refractivity contribution >= 4 is 11.9 Å². The Morgan fingerprint density at radius 2 is 1.12 bits per heavy atom. The molecule has 0 rings (SSSR count). The van der Waals surface area contributed by atoms with Gasteiger partial charge in [-0.2, -0.15) is 0 Å². The Labute approximate surface area is 99.4 Å². The number of aliphatic hydroxyl groups is 2. The largest absolute Gasteiger partial charge is 0.481 e. The zero-order chi connectivity index (χ0) is 14.1. The first kappa shape index (κ1) is 21.1. The minimum Gasteiger partial charge on any atom is -0.481 e. The van der Waals surface area contributed by atoms with Crippen molar-refractivity contribution in [1.29, 1.82) is 0 Å². The molecule has 0 saturated heterocycles. The summed E-state index contributed by atoms with van der Waals surface area (Å²) in [6.45, 7) is 2.88.